The predicted octanol–water partition coefficient (Wildman–Crippen LogP) is 6.93. The average Bonchev–Trinajstić information content (AvgIpc) is 3.21. The highest BCUT2D eigenvalue weighted by Crippen LogP contribution is 2.42. The molecule has 0 N–H and O–H groups in total. The zero-order valence-electron chi connectivity index (χ0n) is 19.6. The Bertz CT molecular complexity index is 1780. The first-order valence-electron chi connectivity index (χ1n) is 12.0. The van der Waals surface area contributed by atoms with Gasteiger partial charge >= 0.3 is 0 Å². The van der Waals surface area contributed by atoms with Gasteiger partial charge in [-0.3, -0.25) is 9.36 Å². The molecule has 1 atom stereocenters. The molecule has 3 aromatic carbocycles. The zero-order chi connectivity index (χ0) is 25.5. The van der Waals surface area contributed by atoms with Crippen molar-refractivity contribution in [3.8, 4) is 0 Å². The SMILES string of the molecule is O=c1/c(=C/c2ccccc2F)sc2n1C(c1ccccc1Cl)C1=C(N=2)/C(=C/c2ccccc2Cl)CCC1. The van der Waals surface area contributed by atoms with E-state index >= 15 is 0 Å². The third kappa shape index (κ3) is 4.42. The molecule has 4 aromatic rings. The summed E-state index contributed by atoms with van der Waals surface area (Å²) < 4.78 is 16.6. The molecule has 6 rings (SSSR count). The van der Waals surface area contributed by atoms with Gasteiger partial charge in [0.15, 0.2) is 4.80 Å². The van der Waals surface area contributed by atoms with Crippen LogP contribution in [-0.4, -0.2) is 4.57 Å². The summed E-state index contributed by atoms with van der Waals surface area (Å²) in [5.74, 6) is -0.375. The molecule has 0 radical (unpaired) electrons. The largest absolute Gasteiger partial charge is 0.272 e. The van der Waals surface area contributed by atoms with Crippen LogP contribution in [0.15, 0.2) is 99.4 Å². The fraction of sp³-hybridized carbons (Fsp3) is 0.133. The van der Waals surface area contributed by atoms with E-state index in [1.54, 1.807) is 28.8 Å². The third-order valence-corrected chi connectivity index (χ3v) is 8.43. The number of aromatic nitrogens is 1. The Morgan fingerprint density at radius 3 is 2.35 bits per heavy atom. The number of rotatable bonds is 3. The maximum absolute atomic E-state index is 14.4. The molecule has 0 saturated carbocycles. The molecule has 1 aliphatic carbocycles. The summed E-state index contributed by atoms with van der Waals surface area (Å²) in [5, 5.41) is 1.27. The minimum Gasteiger partial charge on any atom is -0.272 e. The summed E-state index contributed by atoms with van der Waals surface area (Å²) in [6.45, 7) is 0. The number of hydrogen-bond acceptors (Lipinski definition) is 3. The van der Waals surface area contributed by atoms with Gasteiger partial charge in [-0.05, 0) is 71.9 Å². The van der Waals surface area contributed by atoms with E-state index in [1.165, 1.54) is 17.4 Å². The molecule has 2 aliphatic rings. The van der Waals surface area contributed by atoms with E-state index in [-0.39, 0.29) is 11.4 Å². The fourth-order valence-electron chi connectivity index (χ4n) is 5.04. The minimum atomic E-state index is -0.391. The molecule has 3 nitrogen and oxygen atoms in total. The van der Waals surface area contributed by atoms with Crippen LogP contribution < -0.4 is 14.9 Å². The highest BCUT2D eigenvalue weighted by molar-refractivity contribution is 7.07. The second kappa shape index (κ2) is 9.90. The van der Waals surface area contributed by atoms with E-state index < -0.39 is 6.04 Å². The van der Waals surface area contributed by atoms with Crippen molar-refractivity contribution >= 4 is 46.7 Å². The molecule has 0 saturated heterocycles. The smallest absolute Gasteiger partial charge is 0.271 e. The Balaban J connectivity index is 1.62. The van der Waals surface area contributed by atoms with Crippen LogP contribution >= 0.6 is 34.5 Å². The number of hydrogen-bond donors (Lipinski definition) is 0. The van der Waals surface area contributed by atoms with Crippen LogP contribution in [0.5, 0.6) is 0 Å². The molecule has 1 aliphatic heterocycles. The number of fused-ring (bicyclic) bond motifs is 1. The molecule has 0 bridgehead atoms. The van der Waals surface area contributed by atoms with Crippen LogP contribution in [0.3, 0.4) is 0 Å². The van der Waals surface area contributed by atoms with E-state index in [0.717, 1.165) is 47.2 Å². The van der Waals surface area contributed by atoms with Crippen molar-refractivity contribution < 1.29 is 4.39 Å². The van der Waals surface area contributed by atoms with Gasteiger partial charge in [-0.1, -0.05) is 89.1 Å². The number of thiazole rings is 1. The van der Waals surface area contributed by atoms with Crippen molar-refractivity contribution in [2.24, 2.45) is 4.99 Å². The van der Waals surface area contributed by atoms with Gasteiger partial charge in [0.2, 0.25) is 0 Å². The lowest BCUT2D eigenvalue weighted by atomic mass is 9.84. The molecule has 1 aromatic heterocycles. The molecule has 0 spiro atoms. The summed E-state index contributed by atoms with van der Waals surface area (Å²) in [5.41, 5.74) is 4.97. The second-order valence-electron chi connectivity index (χ2n) is 9.04. The summed E-state index contributed by atoms with van der Waals surface area (Å²) in [6.07, 6.45) is 6.27. The standard InChI is InChI=1S/C30H21Cl2FN2OS/c31-23-13-4-1-8-18(23)16-20-10-7-12-22-27(20)34-30-35(28(22)21-11-3-5-14-24(21)32)29(36)26(37-30)17-19-9-2-6-15-25(19)33/h1-6,8-9,11,13-17,28H,7,10,12H2/b20-16+,26-17-. The van der Waals surface area contributed by atoms with E-state index in [1.807, 2.05) is 48.5 Å². The Hall–Kier alpha value is -3.25. The molecule has 7 heteroatoms. The number of benzene rings is 3. The van der Waals surface area contributed by atoms with Gasteiger partial charge in [0.25, 0.3) is 5.56 Å². The Kier molecular flexibility index (Phi) is 6.45. The zero-order valence-corrected chi connectivity index (χ0v) is 22.0. The monoisotopic (exact) mass is 546 g/mol. The predicted molar refractivity (Wildman–Crippen MR) is 149 cm³/mol. The van der Waals surface area contributed by atoms with Gasteiger partial charge in [0.1, 0.15) is 5.82 Å². The topological polar surface area (TPSA) is 34.4 Å². The van der Waals surface area contributed by atoms with Crippen LogP contribution in [0.25, 0.3) is 12.2 Å². The van der Waals surface area contributed by atoms with Crippen LogP contribution in [0, 0.1) is 5.82 Å². The van der Waals surface area contributed by atoms with Crippen LogP contribution in [0.1, 0.15) is 42.0 Å². The van der Waals surface area contributed by atoms with Crippen molar-refractivity contribution in [2.45, 2.75) is 25.3 Å². The number of allylic oxidation sites excluding steroid dienone is 2. The van der Waals surface area contributed by atoms with Gasteiger partial charge in [-0.2, -0.15) is 0 Å². The van der Waals surface area contributed by atoms with Crippen LogP contribution in [-0.2, 0) is 0 Å². The molecular formula is C30H21Cl2FN2OS. The van der Waals surface area contributed by atoms with E-state index in [0.29, 0.717) is 24.9 Å². The van der Waals surface area contributed by atoms with Gasteiger partial charge in [-0.15, -0.1) is 0 Å². The lowest BCUT2D eigenvalue weighted by Crippen LogP contribution is -2.39. The summed E-state index contributed by atoms with van der Waals surface area (Å²) >= 11 is 14.4. The summed E-state index contributed by atoms with van der Waals surface area (Å²) in [6, 6.07) is 21.4. The lowest BCUT2D eigenvalue weighted by Gasteiger charge is -2.31. The third-order valence-electron chi connectivity index (χ3n) is 6.76. The molecule has 1 unspecified atom stereocenters. The van der Waals surface area contributed by atoms with Crippen molar-refractivity contribution in [1.29, 1.82) is 0 Å². The maximum atomic E-state index is 14.4. The van der Waals surface area contributed by atoms with Crippen LogP contribution in [0.2, 0.25) is 10.0 Å². The second-order valence-corrected chi connectivity index (χ2v) is 10.9. The Morgan fingerprint density at radius 1 is 0.892 bits per heavy atom. The highest BCUT2D eigenvalue weighted by Gasteiger charge is 2.33. The Morgan fingerprint density at radius 2 is 1.59 bits per heavy atom. The quantitative estimate of drug-likeness (QED) is 0.274. The highest BCUT2D eigenvalue weighted by atomic mass is 35.5. The molecule has 0 amide bonds. The summed E-state index contributed by atoms with van der Waals surface area (Å²) in [4.78, 5) is 19.4. The van der Waals surface area contributed by atoms with Gasteiger partial charge in [-0.25, -0.2) is 9.38 Å². The molecule has 184 valence electrons. The molecular weight excluding hydrogens is 526 g/mol. The maximum Gasteiger partial charge on any atom is 0.271 e. The van der Waals surface area contributed by atoms with Gasteiger partial charge < -0.3 is 0 Å². The van der Waals surface area contributed by atoms with E-state index in [4.69, 9.17) is 28.2 Å². The fourth-order valence-corrected chi connectivity index (χ4v) is 6.46. The van der Waals surface area contributed by atoms with Gasteiger partial charge in [0.05, 0.1) is 16.3 Å². The van der Waals surface area contributed by atoms with Crippen molar-refractivity contribution in [3.63, 3.8) is 0 Å². The molecule has 2 heterocycles. The Labute approximate surface area is 227 Å². The lowest BCUT2D eigenvalue weighted by molar-refractivity contribution is 0.553. The van der Waals surface area contributed by atoms with Crippen molar-refractivity contribution in [1.82, 2.24) is 4.57 Å². The first kappa shape index (κ1) is 24.1. The molecule has 0 fully saturated rings. The van der Waals surface area contributed by atoms with Gasteiger partial charge in [0, 0.05) is 15.6 Å². The number of nitrogens with zero attached hydrogens (tertiary/aromatic N) is 2. The minimum absolute atomic E-state index is 0.203. The van der Waals surface area contributed by atoms with Crippen molar-refractivity contribution in [2.75, 3.05) is 0 Å². The van der Waals surface area contributed by atoms with Crippen LogP contribution in [0.4, 0.5) is 4.39 Å². The first-order chi connectivity index (χ1) is 18.0. The van der Waals surface area contributed by atoms with E-state index in [9.17, 15) is 9.18 Å². The summed E-state index contributed by atoms with van der Waals surface area (Å²) in [7, 11) is 0. The van der Waals surface area contributed by atoms with Crippen molar-refractivity contribution in [3.05, 3.63) is 142 Å². The first-order valence-corrected chi connectivity index (χ1v) is 13.6. The normalized spacial score (nSPS) is 18.5. The average molecular weight is 547 g/mol. The molecule has 37 heavy (non-hydrogen) atoms. The number of halogens is 3. The van der Waals surface area contributed by atoms with E-state index in [2.05, 4.69) is 6.08 Å².